The molecule has 7 nitrogen and oxygen atoms in total. The molecule has 1 fully saturated rings. The van der Waals surface area contributed by atoms with E-state index >= 15 is 0 Å². The first-order chi connectivity index (χ1) is 16.0. The van der Waals surface area contributed by atoms with E-state index in [-0.39, 0.29) is 60.4 Å². The van der Waals surface area contributed by atoms with Crippen LogP contribution in [0.3, 0.4) is 0 Å². The Labute approximate surface area is 191 Å². The third-order valence-electron chi connectivity index (χ3n) is 5.78. The van der Waals surface area contributed by atoms with Crippen molar-refractivity contribution in [2.75, 3.05) is 0 Å². The van der Waals surface area contributed by atoms with Crippen molar-refractivity contribution in [2.24, 2.45) is 0 Å². The van der Waals surface area contributed by atoms with E-state index in [0.717, 1.165) is 17.0 Å². The molecular weight excluding hydrogens is 455 g/mol. The molecule has 1 heterocycles. The molecule has 1 atom stereocenters. The summed E-state index contributed by atoms with van der Waals surface area (Å²) in [7, 11) is 0. The maximum atomic E-state index is 12.9. The molecule has 0 saturated heterocycles. The Kier molecular flexibility index (Phi) is 6.07. The van der Waals surface area contributed by atoms with Crippen molar-refractivity contribution in [3.8, 4) is 5.75 Å². The van der Waals surface area contributed by atoms with Crippen LogP contribution in [-0.4, -0.2) is 46.5 Å². The molecule has 0 bridgehead atoms. The Morgan fingerprint density at radius 3 is 2.29 bits per heavy atom. The molecule has 34 heavy (non-hydrogen) atoms. The molecule has 0 spiro atoms. The van der Waals surface area contributed by atoms with Gasteiger partial charge < -0.3 is 4.74 Å². The number of benzene rings is 2. The number of ether oxygens (including phenoxy) is 1. The number of imide groups is 1. The van der Waals surface area contributed by atoms with E-state index in [9.17, 15) is 37.1 Å². The summed E-state index contributed by atoms with van der Waals surface area (Å²) < 4.78 is 40.5. The first-order valence-corrected chi connectivity index (χ1v) is 10.5. The van der Waals surface area contributed by atoms with E-state index in [4.69, 9.17) is 0 Å². The quantitative estimate of drug-likeness (QED) is 0.361. The molecule has 2 aromatic rings. The van der Waals surface area contributed by atoms with Gasteiger partial charge in [0.15, 0.2) is 11.6 Å². The predicted molar refractivity (Wildman–Crippen MR) is 110 cm³/mol. The summed E-state index contributed by atoms with van der Waals surface area (Å²) in [5, 5.41) is 0. The standard InChI is InChI=1S/C24H18F3NO6/c25-24(26,27)34-16-6-3-14(4-7-16)20(30)10-2-13-1-8-17-18(11-13)23(33)28(22(17)32)19-9-5-15(29)12-21(19)31/h1,3-4,6-8,11,19H,2,5,9-10,12H2. The van der Waals surface area contributed by atoms with Crippen LogP contribution in [0.1, 0.15) is 62.3 Å². The number of alkyl halides is 3. The van der Waals surface area contributed by atoms with E-state index in [0.29, 0.717) is 5.56 Å². The number of fused-ring (bicyclic) bond motifs is 1. The second kappa shape index (κ2) is 8.85. The molecule has 1 aliphatic heterocycles. The molecule has 176 valence electrons. The van der Waals surface area contributed by atoms with E-state index in [1.807, 2.05) is 0 Å². The van der Waals surface area contributed by atoms with Crippen molar-refractivity contribution in [3.05, 3.63) is 64.7 Å². The maximum Gasteiger partial charge on any atom is 0.573 e. The molecule has 0 radical (unpaired) electrons. The predicted octanol–water partition coefficient (Wildman–Crippen LogP) is 3.69. The van der Waals surface area contributed by atoms with Crippen molar-refractivity contribution in [2.45, 2.75) is 44.5 Å². The number of carbonyl (C=O) groups excluding carboxylic acids is 5. The highest BCUT2D eigenvalue weighted by molar-refractivity contribution is 6.23. The van der Waals surface area contributed by atoms with Crippen molar-refractivity contribution in [1.29, 1.82) is 0 Å². The van der Waals surface area contributed by atoms with Gasteiger partial charge in [-0.3, -0.25) is 28.9 Å². The molecule has 10 heteroatoms. The molecule has 1 unspecified atom stereocenters. The average molecular weight is 473 g/mol. The Balaban J connectivity index is 1.42. The maximum absolute atomic E-state index is 12.9. The van der Waals surface area contributed by atoms with Crippen LogP contribution >= 0.6 is 0 Å². The largest absolute Gasteiger partial charge is 0.573 e. The van der Waals surface area contributed by atoms with Crippen LogP contribution < -0.4 is 4.74 Å². The number of nitrogens with zero attached hydrogens (tertiary/aromatic N) is 1. The van der Waals surface area contributed by atoms with Crippen LogP contribution in [0, 0.1) is 0 Å². The number of amides is 2. The van der Waals surface area contributed by atoms with Crippen LogP contribution in [0.4, 0.5) is 13.2 Å². The first kappa shape index (κ1) is 23.3. The summed E-state index contributed by atoms with van der Waals surface area (Å²) >= 11 is 0. The first-order valence-electron chi connectivity index (χ1n) is 10.5. The summed E-state index contributed by atoms with van der Waals surface area (Å²) in [5.74, 6) is -2.62. The van der Waals surface area contributed by atoms with E-state index < -0.39 is 35.8 Å². The number of hydrogen-bond acceptors (Lipinski definition) is 6. The monoisotopic (exact) mass is 473 g/mol. The third kappa shape index (κ3) is 4.75. The minimum Gasteiger partial charge on any atom is -0.406 e. The van der Waals surface area contributed by atoms with Crippen LogP contribution in [0.2, 0.25) is 0 Å². The minimum atomic E-state index is -4.82. The van der Waals surface area contributed by atoms with Gasteiger partial charge in [0, 0.05) is 18.4 Å². The lowest BCUT2D eigenvalue weighted by atomic mass is 9.92. The zero-order valence-corrected chi connectivity index (χ0v) is 17.7. The highest BCUT2D eigenvalue weighted by atomic mass is 19.4. The van der Waals surface area contributed by atoms with Gasteiger partial charge >= 0.3 is 6.36 Å². The van der Waals surface area contributed by atoms with E-state index in [2.05, 4.69) is 4.74 Å². The van der Waals surface area contributed by atoms with Crippen molar-refractivity contribution in [1.82, 2.24) is 4.90 Å². The van der Waals surface area contributed by atoms with Gasteiger partial charge in [0.1, 0.15) is 11.5 Å². The molecule has 0 N–H and O–H groups in total. The van der Waals surface area contributed by atoms with Gasteiger partial charge in [-0.25, -0.2) is 0 Å². The number of ketones is 3. The lowest BCUT2D eigenvalue weighted by Gasteiger charge is -2.27. The zero-order valence-electron chi connectivity index (χ0n) is 17.7. The third-order valence-corrected chi connectivity index (χ3v) is 5.78. The zero-order chi connectivity index (χ0) is 24.6. The molecule has 1 aliphatic carbocycles. The molecule has 0 aromatic heterocycles. The molecule has 2 aliphatic rings. The molecular formula is C24H18F3NO6. The van der Waals surface area contributed by atoms with Crippen LogP contribution in [0.5, 0.6) is 5.75 Å². The summed E-state index contributed by atoms with van der Waals surface area (Å²) in [6, 6.07) is 8.19. The summed E-state index contributed by atoms with van der Waals surface area (Å²) in [6.07, 6.45) is -4.64. The molecule has 2 aromatic carbocycles. The second-order valence-electron chi connectivity index (χ2n) is 8.09. The van der Waals surface area contributed by atoms with Gasteiger partial charge in [-0.05, 0) is 54.8 Å². The highest BCUT2D eigenvalue weighted by Gasteiger charge is 2.44. The number of Topliss-reactive ketones (excluding diaryl/α,β-unsaturated/α-hetero) is 3. The topological polar surface area (TPSA) is 97.8 Å². The number of halogens is 3. The lowest BCUT2D eigenvalue weighted by molar-refractivity contribution is -0.274. The summed E-state index contributed by atoms with van der Waals surface area (Å²) in [4.78, 5) is 62.7. The normalized spacial score (nSPS) is 18.3. The van der Waals surface area contributed by atoms with Gasteiger partial charge in [-0.2, -0.15) is 0 Å². The molecule has 1 saturated carbocycles. The number of hydrogen-bond donors (Lipinski definition) is 0. The minimum absolute atomic E-state index is 0.0212. The SMILES string of the molecule is O=C1CCC(N2C(=O)c3ccc(CCC(=O)c4ccc(OC(F)(F)F)cc4)cc3C2=O)C(=O)C1. The van der Waals surface area contributed by atoms with Gasteiger partial charge in [0.2, 0.25) is 0 Å². The van der Waals surface area contributed by atoms with Gasteiger partial charge in [-0.1, -0.05) is 6.07 Å². The number of rotatable bonds is 6. The van der Waals surface area contributed by atoms with Crippen LogP contribution in [0.25, 0.3) is 0 Å². The summed E-state index contributed by atoms with van der Waals surface area (Å²) in [5.41, 5.74) is 1.11. The number of carbonyl (C=O) groups is 5. The Morgan fingerprint density at radius 1 is 0.971 bits per heavy atom. The van der Waals surface area contributed by atoms with Crippen LogP contribution in [-0.2, 0) is 16.0 Å². The summed E-state index contributed by atoms with van der Waals surface area (Å²) in [6.45, 7) is 0. The average Bonchev–Trinajstić information content (AvgIpc) is 3.01. The number of aryl methyl sites for hydroxylation is 1. The second-order valence-corrected chi connectivity index (χ2v) is 8.09. The Bertz CT molecular complexity index is 1200. The van der Waals surface area contributed by atoms with E-state index in [1.165, 1.54) is 24.3 Å². The highest BCUT2D eigenvalue weighted by Crippen LogP contribution is 2.30. The van der Waals surface area contributed by atoms with Crippen LogP contribution in [0.15, 0.2) is 42.5 Å². The van der Waals surface area contributed by atoms with Gasteiger partial charge in [0.05, 0.1) is 23.6 Å². The smallest absolute Gasteiger partial charge is 0.406 e. The molecule has 4 rings (SSSR count). The molecule has 2 amide bonds. The fraction of sp³-hybridized carbons (Fsp3) is 0.292. The Morgan fingerprint density at radius 2 is 1.65 bits per heavy atom. The van der Waals surface area contributed by atoms with Gasteiger partial charge in [-0.15, -0.1) is 13.2 Å². The van der Waals surface area contributed by atoms with Gasteiger partial charge in [0.25, 0.3) is 11.8 Å². The van der Waals surface area contributed by atoms with E-state index in [1.54, 1.807) is 6.07 Å². The lowest BCUT2D eigenvalue weighted by Crippen LogP contribution is -2.47. The Hall–Kier alpha value is -3.82. The van der Waals surface area contributed by atoms with Crippen molar-refractivity contribution >= 4 is 29.2 Å². The van der Waals surface area contributed by atoms with Crippen molar-refractivity contribution < 1.29 is 41.9 Å². The fourth-order valence-electron chi connectivity index (χ4n) is 4.12. The fourth-order valence-corrected chi connectivity index (χ4v) is 4.12. The van der Waals surface area contributed by atoms with Crippen molar-refractivity contribution in [3.63, 3.8) is 0 Å².